The Morgan fingerprint density at radius 2 is 1.16 bits per heavy atom. The summed E-state index contributed by atoms with van der Waals surface area (Å²) in [5, 5.41) is 45.4. The number of nitrogens with zero attached hydrogens (tertiary/aromatic N) is 5. The molecule has 3 aromatic heterocycles. The van der Waals surface area contributed by atoms with Gasteiger partial charge in [0.2, 0.25) is 11.8 Å². The van der Waals surface area contributed by atoms with Gasteiger partial charge in [-0.25, -0.2) is 28.8 Å². The van der Waals surface area contributed by atoms with Crippen LogP contribution in [0.3, 0.4) is 0 Å². The third-order valence-electron chi connectivity index (χ3n) is 13.7. The van der Waals surface area contributed by atoms with Gasteiger partial charge in [-0.3, -0.25) is 34.1 Å². The minimum absolute atomic E-state index is 0. The number of aromatic nitrogens is 3. The number of ketones is 1. The molecule has 2 aliphatic heterocycles. The van der Waals surface area contributed by atoms with Gasteiger partial charge >= 0.3 is 5.97 Å². The monoisotopic (exact) mass is 1550 g/mol. The van der Waals surface area contributed by atoms with Crippen LogP contribution in [-0.4, -0.2) is 145 Å². The van der Waals surface area contributed by atoms with E-state index in [-0.39, 0.29) is 81.2 Å². The molecule has 3 amide bonds. The van der Waals surface area contributed by atoms with Crippen LogP contribution in [0.5, 0.6) is 0 Å². The molecule has 6 atom stereocenters. The number of ether oxygens (including phenoxy) is 1. The summed E-state index contributed by atoms with van der Waals surface area (Å²) in [6.07, 6.45) is 4.15. The van der Waals surface area contributed by atoms with E-state index in [1.165, 1.54) is 5.01 Å². The summed E-state index contributed by atoms with van der Waals surface area (Å²) in [5.74, 6) is -1.83. The standard InChI is InChI=1S/C31H41N5O5.C16H19BrN2OS.C12H10BrNO.C4H11NOS.4C2H6O.Ti/c1-17(2)25-27(37)32-19(4)28(38)36-14-8-9-23(35-36)29(39)41-20(5)26-18(3)15-22-11-10-21(16-24(22)33-26)12-13-31(6,7)30(40)34-25;1-10-8-12-6-7-13(17)9-14(12)18-15(10)11(2)19-21(20)16(3,4)5;1-7-5-9-3-4-10(13)6-11(9)14-12(7)8(2)15;1-4(2,3)7(5)6;4*1-2-3;/h10-13,15-17,19-20,23,25,35H,8-9,14H2,1-7H3,(H,32,37)(H,34,40);6-9H,1-5H3;3-6H,1-2H3;5H2,1-3H3;4*3H,2H2,1H3;/t19-,20+,23-,25-;21-;;7-;;;;;/m01.1...../s1. The molecule has 0 radical (unpaired) electrons. The summed E-state index contributed by atoms with van der Waals surface area (Å²) in [4.78, 5) is 78.1. The Morgan fingerprint density at radius 1 is 0.722 bits per heavy atom. The number of rotatable bonds is 4. The molecular weight excluding hydrogens is 1440 g/mol. The van der Waals surface area contributed by atoms with Crippen molar-refractivity contribution >= 4 is 128 Å². The van der Waals surface area contributed by atoms with E-state index in [2.05, 4.69) is 68.4 Å². The van der Waals surface area contributed by atoms with Crippen molar-refractivity contribution in [2.45, 2.75) is 192 Å². The number of carbonyl (C=O) groups is 5. The quantitative estimate of drug-likeness (QED) is 0.0352. The van der Waals surface area contributed by atoms with E-state index in [1.807, 2.05) is 156 Å². The molecule has 2 aliphatic rings. The van der Waals surface area contributed by atoms with Crippen LogP contribution in [0, 0.1) is 32.1 Å². The summed E-state index contributed by atoms with van der Waals surface area (Å²) in [6.45, 7) is 39.2. The third-order valence-corrected chi connectivity index (χ3v) is 17.4. The number of aliphatic hydroxyl groups excluding tert-OH is 4. The summed E-state index contributed by atoms with van der Waals surface area (Å²) in [5.41, 5.74) is 11.0. The maximum absolute atomic E-state index is 13.3. The van der Waals surface area contributed by atoms with Gasteiger partial charge in [0.25, 0.3) is 5.91 Å². The zero-order valence-corrected chi connectivity index (χ0v) is 66.7. The topological polar surface area (TPSA) is 326 Å². The average Bonchev–Trinajstić information content (AvgIpc) is 1.00. The number of halogens is 2. The first-order valence-electron chi connectivity index (χ1n) is 31.8. The van der Waals surface area contributed by atoms with Crippen molar-refractivity contribution in [2.24, 2.45) is 20.9 Å². The molecule has 0 saturated carbocycles. The largest absolute Gasteiger partial charge is 0.455 e. The number of nitrogens with two attached hydrogens (primary N) is 1. The Morgan fingerprint density at radius 3 is 1.62 bits per heavy atom. The molecule has 1 saturated heterocycles. The fraction of sp³-hybridized carbons (Fsp3) is 0.507. The fourth-order valence-electron chi connectivity index (χ4n) is 8.61. The number of nitrogens with one attached hydrogen (secondary N) is 3. The van der Waals surface area contributed by atoms with Crippen molar-refractivity contribution in [1.29, 1.82) is 0 Å². The molecule has 3 aromatic carbocycles. The van der Waals surface area contributed by atoms with Gasteiger partial charge in [0.1, 0.15) is 40.9 Å². The molecule has 5 heterocycles. The van der Waals surface area contributed by atoms with Gasteiger partial charge in [0, 0.05) is 86.7 Å². The predicted octanol–water partition coefficient (Wildman–Crippen LogP) is 11.8. The smallest absolute Gasteiger partial charge is 0.325 e. The van der Waals surface area contributed by atoms with E-state index in [0.29, 0.717) is 36.5 Å². The van der Waals surface area contributed by atoms with Crippen LogP contribution >= 0.6 is 31.9 Å². The molecule has 97 heavy (non-hydrogen) atoms. The Labute approximate surface area is 611 Å². The van der Waals surface area contributed by atoms with Gasteiger partial charge in [-0.05, 0) is 214 Å². The number of hydrogen-bond donors (Lipinski definition) is 8. The number of fused-ring (bicyclic) bond motifs is 6. The van der Waals surface area contributed by atoms with E-state index in [4.69, 9.17) is 35.3 Å². The Balaban J connectivity index is 0.00000137. The van der Waals surface area contributed by atoms with Crippen LogP contribution in [0.15, 0.2) is 92.2 Å². The number of aryl methyl sites for hydroxylation is 3. The third kappa shape index (κ3) is 30.9. The molecule has 21 nitrogen and oxygen atoms in total. The molecule has 9 N–H and O–H groups in total. The summed E-state index contributed by atoms with van der Waals surface area (Å²) < 4.78 is 34.0. The minimum atomic E-state index is -1.28. The minimum Gasteiger partial charge on any atom is -0.455 e. The van der Waals surface area contributed by atoms with Crippen LogP contribution in [0.2, 0.25) is 0 Å². The molecule has 0 spiro atoms. The second kappa shape index (κ2) is 44.0. The Bertz CT molecular complexity index is 3670. The molecule has 6 aromatic rings. The van der Waals surface area contributed by atoms with Crippen molar-refractivity contribution in [2.75, 3.05) is 33.0 Å². The van der Waals surface area contributed by atoms with Crippen LogP contribution in [0.25, 0.3) is 38.8 Å². The van der Waals surface area contributed by atoms with Crippen LogP contribution in [0.4, 0.5) is 0 Å². The number of Topliss-reactive ketones (excluding diaryl/α,β-unsaturated/α-hetero) is 1. The number of amides is 3. The molecule has 26 heteroatoms. The van der Waals surface area contributed by atoms with Gasteiger partial charge in [0.15, 0.2) is 5.78 Å². The van der Waals surface area contributed by atoms with Gasteiger partial charge < -0.3 is 35.8 Å². The molecular formula is C71H105Br2N9O12S2Ti. The van der Waals surface area contributed by atoms with Crippen LogP contribution < -0.4 is 21.2 Å². The first-order chi connectivity index (χ1) is 44.6. The summed E-state index contributed by atoms with van der Waals surface area (Å²) >= 11 is 6.85. The zero-order valence-electron chi connectivity index (χ0n) is 60.4. The zero-order chi connectivity index (χ0) is 73.7. The summed E-state index contributed by atoms with van der Waals surface area (Å²) in [7, 11) is -2.46. The number of cyclic esters (lactones) is 1. The number of hydrazine groups is 1. The number of benzene rings is 3. The molecule has 5 bridgehead atoms. The maximum Gasteiger partial charge on any atom is 0.325 e. The number of pyridine rings is 3. The van der Waals surface area contributed by atoms with Gasteiger partial charge in [-0.2, -0.15) is 4.40 Å². The first-order valence-corrected chi connectivity index (χ1v) is 35.8. The maximum atomic E-state index is 13.3. The number of hydrogen-bond acceptors (Lipinski definition) is 16. The van der Waals surface area contributed by atoms with E-state index < -0.39 is 63.5 Å². The van der Waals surface area contributed by atoms with E-state index in [1.54, 1.807) is 68.4 Å². The van der Waals surface area contributed by atoms with Crippen LogP contribution in [-0.2, 0) is 67.6 Å². The van der Waals surface area contributed by atoms with Crippen molar-refractivity contribution < 1.29 is 79.3 Å². The first kappa shape index (κ1) is 91.6. The number of carbonyl (C=O) groups excluding carboxylic acids is 5. The second-order valence-electron chi connectivity index (χ2n) is 25.3. The van der Waals surface area contributed by atoms with Crippen molar-refractivity contribution in [1.82, 2.24) is 36.0 Å². The molecule has 0 aliphatic carbocycles. The number of esters is 1. The molecule has 1 fully saturated rings. The van der Waals surface area contributed by atoms with Gasteiger partial charge in [-0.15, -0.1) is 0 Å². The van der Waals surface area contributed by atoms with Crippen molar-refractivity contribution in [3.8, 4) is 0 Å². The SMILES string of the molecule is CC(=N[S@](=O)C(C)(C)C)c1nc2cc(Br)ccc2cc1C.CC(=O)c1nc2cc(Br)ccc2cc1C.CC(C)(C)[S@](N)=O.CCO.CCO.CCO.CCO.Cc1cc2ccc3cc2nc1[C@@H](C)OC(=O)[C@@H]1CCCN(N1)C(=O)[C@H](C)NC(=O)[C@H](C(C)C)NC(=O)C(C)(C)C=C3.[Ti]. The van der Waals surface area contributed by atoms with E-state index >= 15 is 0 Å². The molecule has 0 unspecified atom stereocenters. The average molecular weight is 1550 g/mol. The Kier molecular flexibility index (Phi) is 41.5. The number of aliphatic hydroxyl groups is 4. The van der Waals surface area contributed by atoms with Crippen molar-refractivity contribution in [3.63, 3.8) is 0 Å². The fourth-order valence-corrected chi connectivity index (χ4v) is 9.91. The van der Waals surface area contributed by atoms with E-state index in [0.717, 1.165) is 69.6 Å². The second-order valence-corrected chi connectivity index (χ2v) is 30.8. The Hall–Kier alpha value is -5.42. The molecule has 8 rings (SSSR count). The van der Waals surface area contributed by atoms with Crippen LogP contribution in [0.1, 0.15) is 188 Å². The van der Waals surface area contributed by atoms with Crippen molar-refractivity contribution in [3.05, 3.63) is 127 Å². The molecule has 536 valence electrons. The van der Waals surface area contributed by atoms with Gasteiger partial charge in [0.05, 0.1) is 59.5 Å². The predicted molar refractivity (Wildman–Crippen MR) is 398 cm³/mol. The summed E-state index contributed by atoms with van der Waals surface area (Å²) in [6, 6.07) is 21.4. The van der Waals surface area contributed by atoms with Gasteiger partial charge in [-0.1, -0.05) is 82.1 Å². The normalized spacial score (nSPS) is 17.7. The van der Waals surface area contributed by atoms with E-state index in [9.17, 15) is 32.4 Å².